The Labute approximate surface area is 160 Å². The highest BCUT2D eigenvalue weighted by atomic mass is 32.2. The molecule has 0 saturated carbocycles. The molecule has 0 spiro atoms. The van der Waals surface area contributed by atoms with Crippen molar-refractivity contribution in [1.29, 1.82) is 0 Å². The Kier molecular flexibility index (Phi) is 5.64. The fraction of sp³-hybridized carbons (Fsp3) is 0.222. The van der Waals surface area contributed by atoms with Crippen LogP contribution in [0.5, 0.6) is 0 Å². The van der Waals surface area contributed by atoms with E-state index in [0.29, 0.717) is 10.4 Å². The molecule has 0 unspecified atom stereocenters. The van der Waals surface area contributed by atoms with Crippen LogP contribution in [0.25, 0.3) is 10.2 Å². The van der Waals surface area contributed by atoms with E-state index in [-0.39, 0.29) is 5.75 Å². The SMILES string of the molecule is CSc1ccc2c(c1)sc(=NC(=O)CS(=O)(=O)Cc1ccccc1)n2C. The van der Waals surface area contributed by atoms with Crippen molar-refractivity contribution >= 4 is 49.1 Å². The molecule has 8 heteroatoms. The third-order valence-corrected chi connectivity index (χ3v) is 7.09. The molecule has 0 atom stereocenters. The molecule has 0 aliphatic carbocycles. The lowest BCUT2D eigenvalue weighted by atomic mass is 10.2. The summed E-state index contributed by atoms with van der Waals surface area (Å²) in [5, 5.41) is 0. The molecule has 1 heterocycles. The fourth-order valence-corrected chi connectivity index (χ4v) is 5.39. The van der Waals surface area contributed by atoms with E-state index in [2.05, 4.69) is 4.99 Å². The number of thioether (sulfide) groups is 1. The van der Waals surface area contributed by atoms with E-state index >= 15 is 0 Å². The van der Waals surface area contributed by atoms with E-state index < -0.39 is 21.5 Å². The largest absolute Gasteiger partial charge is 0.319 e. The number of carbonyl (C=O) groups is 1. The number of nitrogens with zero attached hydrogens (tertiary/aromatic N) is 2. The van der Waals surface area contributed by atoms with Crippen LogP contribution in [-0.2, 0) is 27.4 Å². The predicted molar refractivity (Wildman–Crippen MR) is 107 cm³/mol. The highest BCUT2D eigenvalue weighted by Crippen LogP contribution is 2.23. The van der Waals surface area contributed by atoms with Crippen LogP contribution < -0.4 is 4.80 Å². The standard InChI is InChI=1S/C18H18N2O3S3/c1-20-15-9-8-14(24-2)10-16(15)25-18(20)19-17(21)12-26(22,23)11-13-6-4-3-5-7-13/h3-10H,11-12H2,1-2H3. The Balaban J connectivity index is 1.84. The van der Waals surface area contributed by atoms with Gasteiger partial charge in [-0.25, -0.2) is 8.42 Å². The minimum Gasteiger partial charge on any atom is -0.319 e. The average molecular weight is 407 g/mol. The number of carbonyl (C=O) groups excluding carboxylic acids is 1. The maximum Gasteiger partial charge on any atom is 0.263 e. The summed E-state index contributed by atoms with van der Waals surface area (Å²) in [6.45, 7) is 0. The number of rotatable bonds is 5. The van der Waals surface area contributed by atoms with Gasteiger partial charge in [-0.3, -0.25) is 4.79 Å². The molecule has 5 nitrogen and oxygen atoms in total. The zero-order chi connectivity index (χ0) is 18.7. The molecule has 26 heavy (non-hydrogen) atoms. The van der Waals surface area contributed by atoms with Gasteiger partial charge in [0, 0.05) is 11.9 Å². The van der Waals surface area contributed by atoms with Crippen molar-refractivity contribution < 1.29 is 13.2 Å². The van der Waals surface area contributed by atoms with Gasteiger partial charge in [0.05, 0.1) is 16.0 Å². The lowest BCUT2D eigenvalue weighted by Crippen LogP contribution is -2.20. The quantitative estimate of drug-likeness (QED) is 0.611. The van der Waals surface area contributed by atoms with Gasteiger partial charge < -0.3 is 4.57 Å². The summed E-state index contributed by atoms with van der Waals surface area (Å²) in [6.07, 6.45) is 2.00. The predicted octanol–water partition coefficient (Wildman–Crippen LogP) is 3.00. The average Bonchev–Trinajstić information content (AvgIpc) is 2.89. The summed E-state index contributed by atoms with van der Waals surface area (Å²) in [5.41, 5.74) is 1.63. The van der Waals surface area contributed by atoms with Gasteiger partial charge in [-0.1, -0.05) is 41.7 Å². The van der Waals surface area contributed by atoms with Crippen LogP contribution in [0.15, 0.2) is 58.4 Å². The normalized spacial score (nSPS) is 12.6. The van der Waals surface area contributed by atoms with Gasteiger partial charge in [0.1, 0.15) is 5.75 Å². The summed E-state index contributed by atoms with van der Waals surface area (Å²) in [4.78, 5) is 17.9. The van der Waals surface area contributed by atoms with E-state index in [1.165, 1.54) is 11.3 Å². The molecule has 0 fully saturated rings. The second-order valence-electron chi connectivity index (χ2n) is 5.80. The Morgan fingerprint density at radius 1 is 1.19 bits per heavy atom. The maximum absolute atomic E-state index is 12.3. The third-order valence-electron chi connectivity index (χ3n) is 3.81. The summed E-state index contributed by atoms with van der Waals surface area (Å²) in [5.74, 6) is -1.40. The Morgan fingerprint density at radius 2 is 1.92 bits per heavy atom. The summed E-state index contributed by atoms with van der Waals surface area (Å²) in [6, 6.07) is 14.9. The number of amides is 1. The number of aromatic nitrogens is 1. The zero-order valence-corrected chi connectivity index (χ0v) is 16.8. The number of fused-ring (bicyclic) bond motifs is 1. The molecule has 0 aliphatic heterocycles. The number of sulfone groups is 1. The molecule has 0 bridgehead atoms. The van der Waals surface area contributed by atoms with Gasteiger partial charge in [-0.05, 0) is 30.0 Å². The first kappa shape index (κ1) is 18.9. The molecule has 0 N–H and O–H groups in total. The fourth-order valence-electron chi connectivity index (χ4n) is 2.55. The van der Waals surface area contributed by atoms with E-state index in [1.807, 2.05) is 42.1 Å². The number of hydrogen-bond donors (Lipinski definition) is 0. The van der Waals surface area contributed by atoms with Gasteiger partial charge in [0.25, 0.3) is 5.91 Å². The first-order chi connectivity index (χ1) is 12.4. The molecule has 0 radical (unpaired) electrons. The van der Waals surface area contributed by atoms with E-state index in [0.717, 1.165) is 15.1 Å². The van der Waals surface area contributed by atoms with Gasteiger partial charge >= 0.3 is 0 Å². The highest BCUT2D eigenvalue weighted by Gasteiger charge is 2.17. The van der Waals surface area contributed by atoms with Crippen LogP contribution in [-0.4, -0.2) is 30.9 Å². The van der Waals surface area contributed by atoms with Crippen LogP contribution >= 0.6 is 23.1 Å². The molecule has 3 rings (SSSR count). The van der Waals surface area contributed by atoms with Gasteiger partial charge in [0.2, 0.25) is 0 Å². The van der Waals surface area contributed by atoms with Crippen LogP contribution in [0.2, 0.25) is 0 Å². The molecular formula is C18H18N2O3S3. The van der Waals surface area contributed by atoms with Gasteiger partial charge in [-0.15, -0.1) is 11.8 Å². The molecule has 2 aromatic carbocycles. The van der Waals surface area contributed by atoms with Crippen LogP contribution in [0.1, 0.15) is 5.56 Å². The lowest BCUT2D eigenvalue weighted by Gasteiger charge is -2.02. The summed E-state index contributed by atoms with van der Waals surface area (Å²) < 4.78 is 27.3. The number of hydrogen-bond acceptors (Lipinski definition) is 5. The van der Waals surface area contributed by atoms with Crippen LogP contribution in [0, 0.1) is 0 Å². The summed E-state index contributed by atoms with van der Waals surface area (Å²) >= 11 is 3.02. The molecular weight excluding hydrogens is 388 g/mol. The van der Waals surface area contributed by atoms with E-state index in [1.54, 1.807) is 36.0 Å². The highest BCUT2D eigenvalue weighted by molar-refractivity contribution is 7.98. The Hall–Kier alpha value is -1.90. The first-order valence-electron chi connectivity index (χ1n) is 7.83. The minimum atomic E-state index is -3.56. The Morgan fingerprint density at radius 3 is 2.62 bits per heavy atom. The molecule has 136 valence electrons. The van der Waals surface area contributed by atoms with Crippen molar-refractivity contribution in [3.8, 4) is 0 Å². The van der Waals surface area contributed by atoms with Crippen LogP contribution in [0.4, 0.5) is 0 Å². The monoisotopic (exact) mass is 406 g/mol. The van der Waals surface area contributed by atoms with Crippen molar-refractivity contribution in [2.24, 2.45) is 12.0 Å². The Bertz CT molecular complexity index is 1110. The van der Waals surface area contributed by atoms with Crippen molar-refractivity contribution in [1.82, 2.24) is 4.57 Å². The molecule has 0 aliphatic rings. The van der Waals surface area contributed by atoms with Gasteiger partial charge in [-0.2, -0.15) is 4.99 Å². The number of benzene rings is 2. The zero-order valence-electron chi connectivity index (χ0n) is 14.4. The molecule has 0 saturated heterocycles. The maximum atomic E-state index is 12.3. The van der Waals surface area contributed by atoms with E-state index in [9.17, 15) is 13.2 Å². The van der Waals surface area contributed by atoms with Crippen molar-refractivity contribution in [2.75, 3.05) is 12.0 Å². The number of aryl methyl sites for hydroxylation is 1. The smallest absolute Gasteiger partial charge is 0.263 e. The van der Waals surface area contributed by atoms with Crippen LogP contribution in [0.3, 0.4) is 0 Å². The second-order valence-corrected chi connectivity index (χ2v) is 9.75. The van der Waals surface area contributed by atoms with Crippen molar-refractivity contribution in [3.05, 3.63) is 58.9 Å². The molecule has 1 aromatic heterocycles. The van der Waals surface area contributed by atoms with Crippen molar-refractivity contribution in [3.63, 3.8) is 0 Å². The summed E-state index contributed by atoms with van der Waals surface area (Å²) in [7, 11) is -1.74. The number of thiazole rings is 1. The second kappa shape index (κ2) is 7.77. The molecule has 3 aromatic rings. The van der Waals surface area contributed by atoms with Gasteiger partial charge in [0.15, 0.2) is 14.6 Å². The minimum absolute atomic E-state index is 0.162. The topological polar surface area (TPSA) is 68.5 Å². The van der Waals surface area contributed by atoms with Crippen molar-refractivity contribution in [2.45, 2.75) is 10.6 Å². The lowest BCUT2D eigenvalue weighted by molar-refractivity contribution is -0.115. The molecule has 1 amide bonds. The first-order valence-corrected chi connectivity index (χ1v) is 11.7. The van der Waals surface area contributed by atoms with E-state index in [4.69, 9.17) is 0 Å². The third kappa shape index (κ3) is 4.44.